The molecule has 1 aliphatic heterocycles. The van der Waals surface area contributed by atoms with Gasteiger partial charge in [-0.05, 0) is 37.0 Å². The van der Waals surface area contributed by atoms with Gasteiger partial charge in [0.05, 0.1) is 6.04 Å². The van der Waals surface area contributed by atoms with E-state index in [2.05, 4.69) is 5.32 Å². The zero-order chi connectivity index (χ0) is 12.5. The first-order valence-corrected chi connectivity index (χ1v) is 6.51. The molecule has 18 heavy (non-hydrogen) atoms. The van der Waals surface area contributed by atoms with Gasteiger partial charge in [0.1, 0.15) is 5.82 Å². The van der Waals surface area contributed by atoms with Crippen LogP contribution in [0.5, 0.6) is 0 Å². The molecule has 1 unspecified atom stereocenters. The Morgan fingerprint density at radius 1 is 1.33 bits per heavy atom. The van der Waals surface area contributed by atoms with Crippen molar-refractivity contribution in [3.8, 4) is 0 Å². The minimum absolute atomic E-state index is 0.0222. The van der Waals surface area contributed by atoms with Crippen molar-refractivity contribution < 1.29 is 9.18 Å². The van der Waals surface area contributed by atoms with Gasteiger partial charge in [0, 0.05) is 19.1 Å². The zero-order valence-corrected chi connectivity index (χ0v) is 10.2. The first-order chi connectivity index (χ1) is 8.72. The average molecular weight is 248 g/mol. The maximum absolute atomic E-state index is 13.1. The maximum atomic E-state index is 13.1. The number of halogens is 1. The Morgan fingerprint density at radius 3 is 2.89 bits per heavy atom. The van der Waals surface area contributed by atoms with E-state index < -0.39 is 0 Å². The summed E-state index contributed by atoms with van der Waals surface area (Å²) in [4.78, 5) is 13.9. The first-order valence-electron chi connectivity index (χ1n) is 6.51. The number of nitrogens with zero attached hydrogens (tertiary/aromatic N) is 1. The average Bonchev–Trinajstić information content (AvgIpc) is 3.10. The van der Waals surface area contributed by atoms with E-state index in [1.807, 2.05) is 11.0 Å². The smallest absolute Gasteiger partial charge is 0.240 e. The van der Waals surface area contributed by atoms with Gasteiger partial charge in [-0.15, -0.1) is 0 Å². The van der Waals surface area contributed by atoms with Gasteiger partial charge < -0.3 is 10.2 Å². The fourth-order valence-corrected chi connectivity index (χ4v) is 2.44. The molecule has 1 saturated carbocycles. The van der Waals surface area contributed by atoms with Crippen molar-refractivity contribution in [2.75, 3.05) is 6.54 Å². The number of hydrogen-bond donors (Lipinski definition) is 1. The first kappa shape index (κ1) is 11.7. The van der Waals surface area contributed by atoms with Crippen LogP contribution in [0, 0.1) is 5.82 Å². The number of carbonyl (C=O) groups is 1. The van der Waals surface area contributed by atoms with Crippen LogP contribution in [0.2, 0.25) is 0 Å². The van der Waals surface area contributed by atoms with E-state index in [1.54, 1.807) is 6.07 Å². The molecule has 0 radical (unpaired) electrons. The molecular formula is C14H17FN2O. The molecule has 96 valence electrons. The Morgan fingerprint density at radius 2 is 2.17 bits per heavy atom. The molecule has 2 fully saturated rings. The lowest BCUT2D eigenvalue weighted by molar-refractivity contribution is -0.130. The van der Waals surface area contributed by atoms with E-state index in [0.29, 0.717) is 12.6 Å². The second-order valence-corrected chi connectivity index (χ2v) is 5.17. The van der Waals surface area contributed by atoms with Crippen molar-refractivity contribution in [1.29, 1.82) is 0 Å². The predicted molar refractivity (Wildman–Crippen MR) is 66.4 cm³/mol. The summed E-state index contributed by atoms with van der Waals surface area (Å²) in [6.07, 6.45) is 3.24. The third-order valence-corrected chi connectivity index (χ3v) is 3.57. The van der Waals surface area contributed by atoms with Crippen molar-refractivity contribution in [3.63, 3.8) is 0 Å². The van der Waals surface area contributed by atoms with E-state index >= 15 is 0 Å². The molecule has 1 saturated heterocycles. The molecule has 0 aromatic heterocycles. The zero-order valence-electron chi connectivity index (χ0n) is 10.2. The van der Waals surface area contributed by atoms with E-state index in [4.69, 9.17) is 0 Å². The lowest BCUT2D eigenvalue weighted by atomic mass is 10.2. The highest BCUT2D eigenvalue weighted by Crippen LogP contribution is 2.23. The second kappa shape index (κ2) is 4.69. The Labute approximate surface area is 106 Å². The molecule has 1 amide bonds. The fourth-order valence-electron chi connectivity index (χ4n) is 2.44. The van der Waals surface area contributed by atoms with Crippen molar-refractivity contribution in [3.05, 3.63) is 35.6 Å². The number of nitrogens with one attached hydrogen (secondary N) is 1. The van der Waals surface area contributed by atoms with Crippen molar-refractivity contribution in [2.45, 2.75) is 37.9 Å². The quantitative estimate of drug-likeness (QED) is 0.879. The van der Waals surface area contributed by atoms with E-state index in [9.17, 15) is 9.18 Å². The number of rotatable bonds is 4. The topological polar surface area (TPSA) is 32.3 Å². The SMILES string of the molecule is O=C1C(NC2CC2)CCN1Cc1cccc(F)c1. The third-order valence-electron chi connectivity index (χ3n) is 3.57. The summed E-state index contributed by atoms with van der Waals surface area (Å²) >= 11 is 0. The minimum atomic E-state index is -0.244. The van der Waals surface area contributed by atoms with Gasteiger partial charge in [-0.3, -0.25) is 4.79 Å². The van der Waals surface area contributed by atoms with Crippen LogP contribution in [-0.2, 0) is 11.3 Å². The highest BCUT2D eigenvalue weighted by molar-refractivity contribution is 5.84. The fraction of sp³-hybridized carbons (Fsp3) is 0.500. The molecular weight excluding hydrogens is 231 g/mol. The summed E-state index contributed by atoms with van der Waals surface area (Å²) < 4.78 is 13.1. The third kappa shape index (κ3) is 2.53. The van der Waals surface area contributed by atoms with Gasteiger partial charge in [-0.1, -0.05) is 12.1 Å². The Hall–Kier alpha value is -1.42. The lowest BCUT2D eigenvalue weighted by Crippen LogP contribution is -2.39. The summed E-state index contributed by atoms with van der Waals surface area (Å²) in [5.41, 5.74) is 0.857. The summed E-state index contributed by atoms with van der Waals surface area (Å²) in [5.74, 6) is -0.0852. The minimum Gasteiger partial charge on any atom is -0.337 e. The summed E-state index contributed by atoms with van der Waals surface area (Å²) in [5, 5.41) is 3.36. The number of likely N-dealkylation sites (tertiary alicyclic amines) is 1. The second-order valence-electron chi connectivity index (χ2n) is 5.17. The summed E-state index contributed by atoms with van der Waals surface area (Å²) in [6.45, 7) is 1.28. The van der Waals surface area contributed by atoms with Crippen LogP contribution in [0.3, 0.4) is 0 Å². The van der Waals surface area contributed by atoms with Gasteiger partial charge >= 0.3 is 0 Å². The number of benzene rings is 1. The Bertz CT molecular complexity index is 459. The maximum Gasteiger partial charge on any atom is 0.240 e. The molecule has 1 N–H and O–H groups in total. The van der Waals surface area contributed by atoms with Crippen LogP contribution in [0.4, 0.5) is 4.39 Å². The van der Waals surface area contributed by atoms with Gasteiger partial charge in [-0.25, -0.2) is 4.39 Å². The van der Waals surface area contributed by atoms with Crippen LogP contribution < -0.4 is 5.32 Å². The van der Waals surface area contributed by atoms with Gasteiger partial charge in [0.25, 0.3) is 0 Å². The van der Waals surface area contributed by atoms with Crippen LogP contribution in [-0.4, -0.2) is 29.4 Å². The molecule has 3 nitrogen and oxygen atoms in total. The van der Waals surface area contributed by atoms with Crippen molar-refractivity contribution >= 4 is 5.91 Å². The lowest BCUT2D eigenvalue weighted by Gasteiger charge is -2.17. The van der Waals surface area contributed by atoms with Crippen molar-refractivity contribution in [2.24, 2.45) is 0 Å². The molecule has 0 bridgehead atoms. The molecule has 1 aliphatic carbocycles. The largest absolute Gasteiger partial charge is 0.337 e. The molecule has 4 heteroatoms. The standard InChI is InChI=1S/C14H17FN2O/c15-11-3-1-2-10(8-11)9-17-7-6-13(14(17)18)16-12-4-5-12/h1-3,8,12-13,16H,4-7,9H2. The van der Waals surface area contributed by atoms with Crippen molar-refractivity contribution in [1.82, 2.24) is 10.2 Å². The van der Waals surface area contributed by atoms with Crippen LogP contribution in [0.1, 0.15) is 24.8 Å². The molecule has 1 heterocycles. The molecule has 1 aromatic rings. The highest BCUT2D eigenvalue weighted by Gasteiger charge is 2.35. The normalized spacial score (nSPS) is 23.7. The molecule has 1 atom stereocenters. The van der Waals surface area contributed by atoms with Crippen LogP contribution >= 0.6 is 0 Å². The van der Waals surface area contributed by atoms with Crippen LogP contribution in [0.15, 0.2) is 24.3 Å². The summed E-state index contributed by atoms with van der Waals surface area (Å²) in [6, 6.07) is 6.99. The van der Waals surface area contributed by atoms with Crippen LogP contribution in [0.25, 0.3) is 0 Å². The van der Waals surface area contributed by atoms with Gasteiger partial charge in [0.2, 0.25) is 5.91 Å². The number of carbonyl (C=O) groups excluding carboxylic acids is 1. The number of hydrogen-bond acceptors (Lipinski definition) is 2. The van der Waals surface area contributed by atoms with E-state index in [-0.39, 0.29) is 17.8 Å². The van der Waals surface area contributed by atoms with E-state index in [1.165, 1.54) is 25.0 Å². The van der Waals surface area contributed by atoms with Gasteiger partial charge in [0.15, 0.2) is 0 Å². The molecule has 0 spiro atoms. The van der Waals surface area contributed by atoms with E-state index in [0.717, 1.165) is 18.5 Å². The monoisotopic (exact) mass is 248 g/mol. The van der Waals surface area contributed by atoms with Gasteiger partial charge in [-0.2, -0.15) is 0 Å². The summed E-state index contributed by atoms with van der Waals surface area (Å²) in [7, 11) is 0. The number of amides is 1. The highest BCUT2D eigenvalue weighted by atomic mass is 19.1. The molecule has 1 aromatic carbocycles. The predicted octanol–water partition coefficient (Wildman–Crippen LogP) is 1.68. The Kier molecular flexibility index (Phi) is 3.04. The Balaban J connectivity index is 1.61. The molecule has 2 aliphatic rings. The molecule has 3 rings (SSSR count).